The molecule has 4 aromatic rings. The summed E-state index contributed by atoms with van der Waals surface area (Å²) in [5.41, 5.74) is 0.522. The van der Waals surface area contributed by atoms with Gasteiger partial charge in [-0.25, -0.2) is 5.01 Å². The normalized spacial score (nSPS) is 11.6. The number of benzene rings is 3. The van der Waals surface area contributed by atoms with Gasteiger partial charge in [-0.3, -0.25) is 4.79 Å². The number of halogens is 3. The Labute approximate surface area is 197 Å². The number of nitrogens with zero attached hydrogens (tertiary/aromatic N) is 4. The summed E-state index contributed by atoms with van der Waals surface area (Å²) in [6, 6.07) is 22.5. The summed E-state index contributed by atoms with van der Waals surface area (Å²) >= 11 is 0.971. The van der Waals surface area contributed by atoms with E-state index in [1.807, 2.05) is 24.3 Å². The highest BCUT2D eigenvalue weighted by molar-refractivity contribution is 7.99. The van der Waals surface area contributed by atoms with Crippen LogP contribution in [0, 0.1) is 0 Å². The zero-order valence-corrected chi connectivity index (χ0v) is 18.3. The highest BCUT2D eigenvalue weighted by Gasteiger charge is 2.31. The van der Waals surface area contributed by atoms with Gasteiger partial charge in [0, 0.05) is 5.56 Å². The number of carbonyl (C=O) groups is 1. The van der Waals surface area contributed by atoms with Crippen LogP contribution in [0.2, 0.25) is 0 Å². The van der Waals surface area contributed by atoms with Gasteiger partial charge >= 0.3 is 6.18 Å². The lowest BCUT2D eigenvalue weighted by Crippen LogP contribution is -2.27. The molecule has 0 aliphatic carbocycles. The van der Waals surface area contributed by atoms with Crippen LogP contribution in [0.5, 0.6) is 0 Å². The van der Waals surface area contributed by atoms with E-state index in [1.165, 1.54) is 18.3 Å². The Morgan fingerprint density at radius 3 is 2.38 bits per heavy atom. The van der Waals surface area contributed by atoms with Crippen molar-refractivity contribution < 1.29 is 22.4 Å². The van der Waals surface area contributed by atoms with Crippen LogP contribution in [0.25, 0.3) is 11.5 Å². The lowest BCUT2D eigenvalue weighted by Gasteiger charge is -2.18. The van der Waals surface area contributed by atoms with Gasteiger partial charge in [0.15, 0.2) is 0 Å². The fourth-order valence-electron chi connectivity index (χ4n) is 2.90. The molecule has 6 nitrogen and oxygen atoms in total. The van der Waals surface area contributed by atoms with Crippen molar-refractivity contribution in [2.75, 3.05) is 10.8 Å². The smallest absolute Gasteiger partial charge is 0.411 e. The average Bonchev–Trinajstić information content (AvgIpc) is 3.33. The third kappa shape index (κ3) is 5.90. The lowest BCUT2D eigenvalue weighted by molar-refractivity contribution is -0.137. The van der Waals surface area contributed by atoms with Crippen molar-refractivity contribution >= 4 is 29.6 Å². The van der Waals surface area contributed by atoms with Crippen LogP contribution in [-0.4, -0.2) is 28.1 Å². The Morgan fingerprint density at radius 2 is 1.68 bits per heavy atom. The Hall–Kier alpha value is -3.92. The average molecular weight is 482 g/mol. The van der Waals surface area contributed by atoms with Crippen LogP contribution in [0.15, 0.2) is 99.7 Å². The summed E-state index contributed by atoms with van der Waals surface area (Å²) in [6.45, 7) is 0. The zero-order chi connectivity index (χ0) is 24.0. The molecule has 0 atom stereocenters. The molecule has 172 valence electrons. The molecule has 0 saturated carbocycles. The van der Waals surface area contributed by atoms with Crippen LogP contribution in [0.1, 0.15) is 11.1 Å². The minimum atomic E-state index is -4.56. The maximum absolute atomic E-state index is 13.2. The van der Waals surface area contributed by atoms with Crippen molar-refractivity contribution in [3.05, 3.63) is 96.1 Å². The molecule has 0 saturated heterocycles. The van der Waals surface area contributed by atoms with E-state index in [2.05, 4.69) is 15.3 Å². The van der Waals surface area contributed by atoms with Gasteiger partial charge in [-0.05, 0) is 35.9 Å². The topological polar surface area (TPSA) is 71.6 Å². The SMILES string of the molecule is O=C(CSc1nnc(-c2ccccc2)o1)N(/N=C/c1ccccc1)c1cccc(C(F)(F)F)c1. The van der Waals surface area contributed by atoms with Crippen molar-refractivity contribution in [2.24, 2.45) is 5.10 Å². The Morgan fingerprint density at radius 1 is 0.971 bits per heavy atom. The molecule has 4 rings (SSSR count). The molecule has 10 heteroatoms. The molecule has 1 amide bonds. The molecular weight excluding hydrogens is 465 g/mol. The number of rotatable bonds is 7. The van der Waals surface area contributed by atoms with Gasteiger partial charge < -0.3 is 4.42 Å². The van der Waals surface area contributed by atoms with Crippen LogP contribution in [-0.2, 0) is 11.0 Å². The summed E-state index contributed by atoms with van der Waals surface area (Å²) in [5.74, 6) is -0.443. The van der Waals surface area contributed by atoms with Crippen molar-refractivity contribution in [2.45, 2.75) is 11.4 Å². The fraction of sp³-hybridized carbons (Fsp3) is 0.0833. The van der Waals surface area contributed by atoms with Crippen molar-refractivity contribution in [1.82, 2.24) is 10.2 Å². The van der Waals surface area contributed by atoms with Crippen LogP contribution in [0.3, 0.4) is 0 Å². The zero-order valence-electron chi connectivity index (χ0n) is 17.5. The molecule has 1 aromatic heterocycles. The van der Waals surface area contributed by atoms with E-state index in [-0.39, 0.29) is 16.7 Å². The van der Waals surface area contributed by atoms with E-state index in [9.17, 15) is 18.0 Å². The van der Waals surface area contributed by atoms with E-state index in [1.54, 1.807) is 36.4 Å². The summed E-state index contributed by atoms with van der Waals surface area (Å²) in [5, 5.41) is 13.1. The van der Waals surface area contributed by atoms with E-state index >= 15 is 0 Å². The first-order valence-corrected chi connectivity index (χ1v) is 11.0. The predicted molar refractivity (Wildman–Crippen MR) is 123 cm³/mol. The number of hydrogen-bond donors (Lipinski definition) is 0. The molecule has 0 radical (unpaired) electrons. The van der Waals surface area contributed by atoms with E-state index in [0.29, 0.717) is 11.5 Å². The second-order valence-electron chi connectivity index (χ2n) is 6.94. The fourth-order valence-corrected chi connectivity index (χ4v) is 3.51. The monoisotopic (exact) mass is 482 g/mol. The second kappa shape index (κ2) is 10.3. The van der Waals surface area contributed by atoms with Crippen molar-refractivity contribution in [3.63, 3.8) is 0 Å². The number of amides is 1. The summed E-state index contributed by atoms with van der Waals surface area (Å²) in [7, 11) is 0. The molecule has 0 fully saturated rings. The lowest BCUT2D eigenvalue weighted by atomic mass is 10.2. The largest absolute Gasteiger partial charge is 0.416 e. The summed E-state index contributed by atoms with van der Waals surface area (Å²) in [6.07, 6.45) is -3.15. The van der Waals surface area contributed by atoms with Gasteiger partial charge in [-0.15, -0.1) is 10.2 Å². The predicted octanol–water partition coefficient (Wildman–Crippen LogP) is 5.91. The molecule has 0 aliphatic rings. The molecule has 0 bridgehead atoms. The van der Waals surface area contributed by atoms with Gasteiger partial charge in [0.2, 0.25) is 5.89 Å². The number of alkyl halides is 3. The highest BCUT2D eigenvalue weighted by Crippen LogP contribution is 2.32. The molecule has 34 heavy (non-hydrogen) atoms. The third-order valence-corrected chi connectivity index (χ3v) is 5.33. The van der Waals surface area contributed by atoms with Gasteiger partial charge in [0.05, 0.1) is 23.2 Å². The van der Waals surface area contributed by atoms with E-state index in [4.69, 9.17) is 4.42 Å². The first-order chi connectivity index (χ1) is 16.4. The first kappa shape index (κ1) is 23.2. The molecule has 1 heterocycles. The molecule has 3 aromatic carbocycles. The van der Waals surface area contributed by atoms with Crippen molar-refractivity contribution in [3.8, 4) is 11.5 Å². The quantitative estimate of drug-likeness (QED) is 0.186. The molecule has 0 spiro atoms. The van der Waals surface area contributed by atoms with E-state index in [0.717, 1.165) is 34.5 Å². The maximum atomic E-state index is 13.2. The van der Waals surface area contributed by atoms with Gasteiger partial charge in [-0.2, -0.15) is 18.3 Å². The summed E-state index contributed by atoms with van der Waals surface area (Å²) in [4.78, 5) is 13.0. The number of hydrazone groups is 1. The third-order valence-electron chi connectivity index (χ3n) is 4.52. The number of thioether (sulfide) groups is 1. The molecule has 0 unspecified atom stereocenters. The van der Waals surface area contributed by atoms with Crippen LogP contribution in [0.4, 0.5) is 18.9 Å². The standard InChI is InChI=1S/C24H17F3N4O2S/c25-24(26,27)19-12-7-13-20(14-19)31(28-15-17-8-3-1-4-9-17)21(32)16-34-23-30-29-22(33-23)18-10-5-2-6-11-18/h1-15H,16H2/b28-15+. The maximum Gasteiger partial charge on any atom is 0.416 e. The van der Waals surface area contributed by atoms with E-state index < -0.39 is 17.6 Å². The van der Waals surface area contributed by atoms with Gasteiger partial charge in [0.1, 0.15) is 0 Å². The highest BCUT2D eigenvalue weighted by atomic mass is 32.2. The minimum absolute atomic E-state index is 0.0110. The van der Waals surface area contributed by atoms with Crippen molar-refractivity contribution in [1.29, 1.82) is 0 Å². The van der Waals surface area contributed by atoms with Gasteiger partial charge in [-0.1, -0.05) is 66.4 Å². The summed E-state index contributed by atoms with van der Waals surface area (Å²) < 4.78 is 45.2. The Bertz CT molecular complexity index is 1280. The Balaban J connectivity index is 1.54. The second-order valence-corrected chi connectivity index (χ2v) is 7.86. The minimum Gasteiger partial charge on any atom is -0.411 e. The molecule has 0 N–H and O–H groups in total. The number of anilines is 1. The number of hydrogen-bond acceptors (Lipinski definition) is 6. The molecule has 0 aliphatic heterocycles. The first-order valence-electron chi connectivity index (χ1n) is 10.0. The van der Waals surface area contributed by atoms with Crippen LogP contribution >= 0.6 is 11.8 Å². The number of carbonyl (C=O) groups excluding carboxylic acids is 1. The van der Waals surface area contributed by atoms with Crippen LogP contribution < -0.4 is 5.01 Å². The van der Waals surface area contributed by atoms with Gasteiger partial charge in [0.25, 0.3) is 11.1 Å². The molecular formula is C24H17F3N4O2S. The number of aromatic nitrogens is 2. The Kier molecular flexibility index (Phi) is 7.07.